The molecule has 0 radical (unpaired) electrons. The van der Waals surface area contributed by atoms with Gasteiger partial charge in [-0.25, -0.2) is 9.78 Å². The van der Waals surface area contributed by atoms with Crippen LogP contribution in [-0.2, 0) is 4.79 Å². The Labute approximate surface area is 120 Å². The summed E-state index contributed by atoms with van der Waals surface area (Å²) in [5.74, 6) is -0.620. The molecular formula is C14H12N2O3S. The fourth-order valence-electron chi connectivity index (χ4n) is 1.44. The first-order valence-electron chi connectivity index (χ1n) is 5.82. The molecule has 1 aromatic carbocycles. The topological polar surface area (TPSA) is 79.3 Å². The Balaban J connectivity index is 1.86. The van der Waals surface area contributed by atoms with Crippen LogP contribution < -0.4 is 5.32 Å². The second-order valence-corrected chi connectivity index (χ2v) is 4.94. The van der Waals surface area contributed by atoms with Crippen molar-refractivity contribution in [3.63, 3.8) is 0 Å². The summed E-state index contributed by atoms with van der Waals surface area (Å²) in [6.07, 6.45) is 1.21. The molecule has 1 aromatic heterocycles. The first-order chi connectivity index (χ1) is 9.65. The summed E-state index contributed by atoms with van der Waals surface area (Å²) in [7, 11) is 0. The van der Waals surface area contributed by atoms with E-state index in [4.69, 9.17) is 5.11 Å². The number of nitrogens with zero attached hydrogens (tertiary/aromatic N) is 1. The van der Waals surface area contributed by atoms with Crippen LogP contribution >= 0.6 is 11.8 Å². The highest BCUT2D eigenvalue weighted by Crippen LogP contribution is 2.17. The number of carboxylic acids is 1. The maximum absolute atomic E-state index is 11.7. The fourth-order valence-corrected chi connectivity index (χ4v) is 2.16. The largest absolute Gasteiger partial charge is 0.478 e. The van der Waals surface area contributed by atoms with E-state index in [9.17, 15) is 9.59 Å². The van der Waals surface area contributed by atoms with Gasteiger partial charge in [-0.3, -0.25) is 4.79 Å². The van der Waals surface area contributed by atoms with E-state index in [0.717, 1.165) is 4.90 Å². The highest BCUT2D eigenvalue weighted by atomic mass is 32.2. The normalized spacial score (nSPS) is 10.0. The number of aromatic carboxylic acids is 1. The molecule has 1 heterocycles. The standard InChI is InChI=1S/C14H12N2O3S/c17-13(9-20-11-4-2-1-3-5-11)16-12-7-6-10(8-15-12)14(18)19/h1-8H,9H2,(H,18,19)(H,15,16,17). The number of aromatic nitrogens is 1. The van der Waals surface area contributed by atoms with Gasteiger partial charge in [-0.05, 0) is 24.3 Å². The number of carbonyl (C=O) groups is 2. The predicted octanol–water partition coefficient (Wildman–Crippen LogP) is 2.51. The summed E-state index contributed by atoms with van der Waals surface area (Å²) in [4.78, 5) is 27.3. The summed E-state index contributed by atoms with van der Waals surface area (Å²) in [5, 5.41) is 11.4. The summed E-state index contributed by atoms with van der Waals surface area (Å²) in [6, 6.07) is 12.5. The van der Waals surface area contributed by atoms with E-state index in [1.54, 1.807) is 0 Å². The van der Waals surface area contributed by atoms with E-state index < -0.39 is 5.97 Å². The van der Waals surface area contributed by atoms with Crippen molar-refractivity contribution in [2.75, 3.05) is 11.1 Å². The van der Waals surface area contributed by atoms with Crippen LogP contribution in [0.5, 0.6) is 0 Å². The average Bonchev–Trinajstić information content (AvgIpc) is 2.47. The van der Waals surface area contributed by atoms with Crippen LogP contribution in [0.3, 0.4) is 0 Å². The molecule has 102 valence electrons. The van der Waals surface area contributed by atoms with E-state index in [1.165, 1.54) is 30.1 Å². The molecule has 2 aromatic rings. The summed E-state index contributed by atoms with van der Waals surface area (Å²) in [6.45, 7) is 0. The van der Waals surface area contributed by atoms with Crippen LogP contribution in [0, 0.1) is 0 Å². The van der Waals surface area contributed by atoms with Crippen LogP contribution in [0.1, 0.15) is 10.4 Å². The van der Waals surface area contributed by atoms with Crippen molar-refractivity contribution in [2.45, 2.75) is 4.90 Å². The Morgan fingerprint density at radius 1 is 1.15 bits per heavy atom. The lowest BCUT2D eigenvalue weighted by atomic mass is 10.3. The van der Waals surface area contributed by atoms with Crippen LogP contribution in [0.2, 0.25) is 0 Å². The van der Waals surface area contributed by atoms with Crippen molar-refractivity contribution in [3.05, 3.63) is 54.2 Å². The quantitative estimate of drug-likeness (QED) is 0.826. The fraction of sp³-hybridized carbons (Fsp3) is 0.0714. The molecule has 2 N–H and O–H groups in total. The van der Waals surface area contributed by atoms with Crippen LogP contribution in [0.4, 0.5) is 5.82 Å². The number of hydrogen-bond acceptors (Lipinski definition) is 4. The zero-order chi connectivity index (χ0) is 14.4. The predicted molar refractivity (Wildman–Crippen MR) is 77.0 cm³/mol. The number of amides is 1. The second-order valence-electron chi connectivity index (χ2n) is 3.89. The SMILES string of the molecule is O=C(CSc1ccccc1)Nc1ccc(C(=O)O)cn1. The van der Waals surface area contributed by atoms with Crippen molar-refractivity contribution >= 4 is 29.5 Å². The first kappa shape index (κ1) is 14.1. The molecule has 0 aliphatic heterocycles. The number of thioether (sulfide) groups is 1. The van der Waals surface area contributed by atoms with Crippen LogP contribution in [0.15, 0.2) is 53.6 Å². The van der Waals surface area contributed by atoms with Gasteiger partial charge in [0.2, 0.25) is 5.91 Å². The zero-order valence-corrected chi connectivity index (χ0v) is 11.3. The van der Waals surface area contributed by atoms with Crippen LogP contribution in [-0.4, -0.2) is 27.7 Å². The van der Waals surface area contributed by atoms with E-state index in [1.807, 2.05) is 30.3 Å². The van der Waals surface area contributed by atoms with Gasteiger partial charge in [-0.2, -0.15) is 0 Å². The highest BCUT2D eigenvalue weighted by Gasteiger charge is 2.06. The number of nitrogens with one attached hydrogen (secondary N) is 1. The van der Waals surface area contributed by atoms with E-state index in [-0.39, 0.29) is 17.2 Å². The Bertz CT molecular complexity index is 600. The number of benzene rings is 1. The average molecular weight is 288 g/mol. The van der Waals surface area contributed by atoms with E-state index in [2.05, 4.69) is 10.3 Å². The van der Waals surface area contributed by atoms with Gasteiger partial charge in [0.05, 0.1) is 11.3 Å². The highest BCUT2D eigenvalue weighted by molar-refractivity contribution is 8.00. The molecule has 0 aliphatic carbocycles. The molecule has 20 heavy (non-hydrogen) atoms. The number of pyridine rings is 1. The minimum Gasteiger partial charge on any atom is -0.478 e. The molecular weight excluding hydrogens is 276 g/mol. The summed E-state index contributed by atoms with van der Waals surface area (Å²) in [5.41, 5.74) is 0.0849. The zero-order valence-electron chi connectivity index (χ0n) is 10.4. The first-order valence-corrected chi connectivity index (χ1v) is 6.81. The lowest BCUT2D eigenvalue weighted by Gasteiger charge is -2.04. The monoisotopic (exact) mass is 288 g/mol. The summed E-state index contributed by atoms with van der Waals surface area (Å²) < 4.78 is 0. The van der Waals surface area contributed by atoms with Gasteiger partial charge in [0.15, 0.2) is 0 Å². The number of hydrogen-bond donors (Lipinski definition) is 2. The molecule has 0 bridgehead atoms. The summed E-state index contributed by atoms with van der Waals surface area (Å²) >= 11 is 1.42. The molecule has 0 unspecified atom stereocenters. The third-order valence-electron chi connectivity index (χ3n) is 2.39. The molecule has 5 nitrogen and oxygen atoms in total. The molecule has 6 heteroatoms. The molecule has 0 aliphatic rings. The number of rotatable bonds is 5. The van der Waals surface area contributed by atoms with Crippen LogP contribution in [0.25, 0.3) is 0 Å². The molecule has 0 atom stereocenters. The lowest BCUT2D eigenvalue weighted by molar-refractivity contribution is -0.113. The maximum atomic E-state index is 11.7. The maximum Gasteiger partial charge on any atom is 0.337 e. The van der Waals surface area contributed by atoms with Crippen molar-refractivity contribution in [3.8, 4) is 0 Å². The van der Waals surface area contributed by atoms with Gasteiger partial charge in [-0.1, -0.05) is 18.2 Å². The molecule has 0 saturated carbocycles. The van der Waals surface area contributed by atoms with Crippen molar-refractivity contribution in [2.24, 2.45) is 0 Å². The molecule has 2 rings (SSSR count). The van der Waals surface area contributed by atoms with E-state index in [0.29, 0.717) is 5.82 Å². The Morgan fingerprint density at radius 3 is 2.50 bits per heavy atom. The second kappa shape index (κ2) is 6.72. The number of anilines is 1. The van der Waals surface area contributed by atoms with Gasteiger partial charge < -0.3 is 10.4 Å². The van der Waals surface area contributed by atoms with E-state index >= 15 is 0 Å². The Hall–Kier alpha value is -2.34. The Kier molecular flexibility index (Phi) is 4.73. The number of carboxylic acid groups (broad SMARTS) is 1. The lowest BCUT2D eigenvalue weighted by Crippen LogP contribution is -2.15. The van der Waals surface area contributed by atoms with Crippen molar-refractivity contribution in [1.29, 1.82) is 0 Å². The minimum absolute atomic E-state index is 0.0849. The smallest absolute Gasteiger partial charge is 0.337 e. The molecule has 0 fully saturated rings. The third-order valence-corrected chi connectivity index (χ3v) is 3.40. The molecule has 0 spiro atoms. The van der Waals surface area contributed by atoms with Crippen molar-refractivity contribution in [1.82, 2.24) is 4.98 Å². The number of carbonyl (C=O) groups excluding carboxylic acids is 1. The van der Waals surface area contributed by atoms with Gasteiger partial charge >= 0.3 is 5.97 Å². The van der Waals surface area contributed by atoms with Gasteiger partial charge in [-0.15, -0.1) is 11.8 Å². The molecule has 1 amide bonds. The minimum atomic E-state index is -1.05. The molecule has 0 saturated heterocycles. The van der Waals surface area contributed by atoms with Gasteiger partial charge in [0.1, 0.15) is 5.82 Å². The van der Waals surface area contributed by atoms with Crippen molar-refractivity contribution < 1.29 is 14.7 Å². The Morgan fingerprint density at radius 2 is 1.90 bits per heavy atom. The van der Waals surface area contributed by atoms with Gasteiger partial charge in [0, 0.05) is 11.1 Å². The third kappa shape index (κ3) is 4.10. The van der Waals surface area contributed by atoms with Gasteiger partial charge in [0.25, 0.3) is 0 Å².